The van der Waals surface area contributed by atoms with Crippen molar-refractivity contribution in [2.45, 2.75) is 50.6 Å². The minimum Gasteiger partial charge on any atom is -0.490 e. The van der Waals surface area contributed by atoms with Gasteiger partial charge >= 0.3 is 6.18 Å². The van der Waals surface area contributed by atoms with Crippen molar-refractivity contribution in [3.05, 3.63) is 41.3 Å². The van der Waals surface area contributed by atoms with Gasteiger partial charge in [0.2, 0.25) is 5.91 Å². The van der Waals surface area contributed by atoms with Crippen LogP contribution in [0, 0.1) is 6.92 Å². The van der Waals surface area contributed by atoms with Crippen LogP contribution in [0.3, 0.4) is 0 Å². The van der Waals surface area contributed by atoms with Crippen molar-refractivity contribution >= 4 is 23.4 Å². The van der Waals surface area contributed by atoms with Crippen molar-refractivity contribution in [3.63, 3.8) is 0 Å². The van der Waals surface area contributed by atoms with E-state index in [9.17, 15) is 27.6 Å². The number of fused-ring (bicyclic) bond motifs is 2. The van der Waals surface area contributed by atoms with Gasteiger partial charge in [-0.25, -0.2) is 0 Å². The molecule has 2 aromatic rings. The number of aryl methyl sites for hydroxylation is 1. The van der Waals surface area contributed by atoms with Crippen molar-refractivity contribution in [2.24, 2.45) is 0 Å². The fourth-order valence-corrected chi connectivity index (χ4v) is 4.25. The van der Waals surface area contributed by atoms with E-state index in [0.717, 1.165) is 0 Å². The first-order valence-electron chi connectivity index (χ1n) is 11.3. The molecule has 194 valence electrons. The van der Waals surface area contributed by atoms with Gasteiger partial charge in [0, 0.05) is 18.8 Å². The highest BCUT2D eigenvalue weighted by Gasteiger charge is 2.39. The summed E-state index contributed by atoms with van der Waals surface area (Å²) >= 11 is 0. The summed E-state index contributed by atoms with van der Waals surface area (Å²) in [5.74, 6) is -0.831. The number of aromatic nitrogens is 1. The summed E-state index contributed by atoms with van der Waals surface area (Å²) in [5.41, 5.74) is 0.716. The molecule has 3 atom stereocenters. The molecular weight excluding hydrogens is 485 g/mol. The summed E-state index contributed by atoms with van der Waals surface area (Å²) < 4.78 is 53.7. The fraction of sp³-hybridized carbons (Fsp3) is 0.478. The third kappa shape index (κ3) is 5.96. The largest absolute Gasteiger partial charge is 0.490 e. The summed E-state index contributed by atoms with van der Waals surface area (Å²) in [6.07, 6.45) is -5.01. The number of anilines is 1. The molecule has 1 aromatic heterocycles. The van der Waals surface area contributed by atoms with Crippen molar-refractivity contribution in [1.82, 2.24) is 15.4 Å². The van der Waals surface area contributed by atoms with E-state index < -0.39 is 36.7 Å². The van der Waals surface area contributed by atoms with Crippen LogP contribution in [0.1, 0.15) is 45.9 Å². The Labute approximate surface area is 204 Å². The van der Waals surface area contributed by atoms with Crippen LogP contribution in [0.25, 0.3) is 0 Å². The number of ether oxygens (including phenoxy) is 2. The Hall–Kier alpha value is -3.61. The third-order valence-electron chi connectivity index (χ3n) is 6.03. The molecule has 0 bridgehead atoms. The Morgan fingerprint density at radius 1 is 1.22 bits per heavy atom. The lowest BCUT2D eigenvalue weighted by Crippen LogP contribution is -2.54. The Bertz CT molecular complexity index is 1150. The number of rotatable bonds is 5. The van der Waals surface area contributed by atoms with Gasteiger partial charge in [0.1, 0.15) is 30.8 Å². The smallest absolute Gasteiger partial charge is 0.405 e. The van der Waals surface area contributed by atoms with E-state index in [4.69, 9.17) is 14.0 Å². The van der Waals surface area contributed by atoms with Gasteiger partial charge in [0.05, 0.1) is 24.1 Å². The number of nitrogens with one attached hydrogen (secondary N) is 2. The van der Waals surface area contributed by atoms with Crippen LogP contribution in [-0.4, -0.2) is 72.4 Å². The predicted molar refractivity (Wildman–Crippen MR) is 119 cm³/mol. The number of nitrogens with zero attached hydrogens (tertiary/aromatic N) is 2. The first-order valence-corrected chi connectivity index (χ1v) is 11.3. The SMILES string of the molecule is Cc1cc(C(=O)Nc2ccc3c(c2)C(=O)N(C)[C@H]2CC[C@@H](CC(=O)NCC(F)(F)F)O[C@H]2CO3)no1. The summed E-state index contributed by atoms with van der Waals surface area (Å²) in [6.45, 7) is 0.330. The van der Waals surface area contributed by atoms with Crippen molar-refractivity contribution in [3.8, 4) is 5.75 Å². The first-order chi connectivity index (χ1) is 17.0. The highest BCUT2D eigenvalue weighted by molar-refractivity contribution is 6.04. The first kappa shape index (κ1) is 25.5. The van der Waals surface area contributed by atoms with Crippen LogP contribution in [-0.2, 0) is 9.53 Å². The van der Waals surface area contributed by atoms with Crippen LogP contribution >= 0.6 is 0 Å². The molecule has 1 fully saturated rings. The van der Waals surface area contributed by atoms with Gasteiger partial charge in [-0.1, -0.05) is 5.16 Å². The maximum absolute atomic E-state index is 13.3. The van der Waals surface area contributed by atoms with E-state index in [2.05, 4.69) is 10.5 Å². The molecule has 0 radical (unpaired) electrons. The number of carbonyl (C=O) groups excluding carboxylic acids is 3. The average Bonchev–Trinajstić information content (AvgIpc) is 3.26. The second-order valence-corrected chi connectivity index (χ2v) is 8.75. The molecule has 0 unspecified atom stereocenters. The number of hydrogen-bond acceptors (Lipinski definition) is 7. The molecule has 36 heavy (non-hydrogen) atoms. The second kappa shape index (κ2) is 10.2. The topological polar surface area (TPSA) is 123 Å². The highest BCUT2D eigenvalue weighted by atomic mass is 19.4. The molecule has 4 rings (SSSR count). The number of amides is 3. The van der Waals surface area contributed by atoms with Gasteiger partial charge in [-0.3, -0.25) is 14.4 Å². The average molecular weight is 510 g/mol. The van der Waals surface area contributed by atoms with E-state index in [1.54, 1.807) is 26.1 Å². The minimum atomic E-state index is -4.49. The third-order valence-corrected chi connectivity index (χ3v) is 6.03. The normalized spacial score (nSPS) is 22.0. The molecule has 0 spiro atoms. The Kier molecular flexibility index (Phi) is 7.20. The highest BCUT2D eigenvalue weighted by Crippen LogP contribution is 2.32. The van der Waals surface area contributed by atoms with Gasteiger partial charge in [0.15, 0.2) is 5.69 Å². The van der Waals surface area contributed by atoms with Gasteiger partial charge in [-0.05, 0) is 38.0 Å². The zero-order valence-electron chi connectivity index (χ0n) is 19.6. The van der Waals surface area contributed by atoms with Gasteiger partial charge in [0.25, 0.3) is 11.8 Å². The summed E-state index contributed by atoms with van der Waals surface area (Å²) in [5, 5.41) is 8.18. The summed E-state index contributed by atoms with van der Waals surface area (Å²) in [7, 11) is 1.62. The van der Waals surface area contributed by atoms with Crippen LogP contribution in [0.2, 0.25) is 0 Å². The van der Waals surface area contributed by atoms with Crippen LogP contribution < -0.4 is 15.4 Å². The van der Waals surface area contributed by atoms with E-state index >= 15 is 0 Å². The number of carbonyl (C=O) groups is 3. The van der Waals surface area contributed by atoms with Gasteiger partial charge in [-0.2, -0.15) is 13.2 Å². The van der Waals surface area contributed by atoms with E-state index in [1.807, 2.05) is 5.32 Å². The lowest BCUT2D eigenvalue weighted by atomic mass is 9.94. The van der Waals surface area contributed by atoms with Crippen LogP contribution in [0.4, 0.5) is 18.9 Å². The lowest BCUT2D eigenvalue weighted by Gasteiger charge is -2.42. The second-order valence-electron chi connectivity index (χ2n) is 8.75. The fourth-order valence-electron chi connectivity index (χ4n) is 4.25. The van der Waals surface area contributed by atoms with Crippen LogP contribution in [0.5, 0.6) is 5.75 Å². The molecule has 2 N–H and O–H groups in total. The number of hydrogen-bond donors (Lipinski definition) is 2. The van der Waals surface area contributed by atoms with Crippen LogP contribution in [0.15, 0.2) is 28.8 Å². The zero-order valence-corrected chi connectivity index (χ0v) is 19.6. The molecule has 1 saturated heterocycles. The molecule has 2 aliphatic rings. The standard InChI is InChI=1S/C23H25F3N4O6/c1-12-7-16(29-36-12)21(32)28-13-3-6-18-15(8-13)22(33)30(2)17-5-4-14(35-19(17)10-34-18)9-20(31)27-11-23(24,25)26/h3,6-8,14,17,19H,4-5,9-11H2,1-2H3,(H,27,31)(H,28,32)/t14-,17-,19-/m0/s1. The lowest BCUT2D eigenvalue weighted by molar-refractivity contribution is -0.144. The maximum Gasteiger partial charge on any atom is 0.405 e. The molecular formula is C23H25F3N4O6. The number of halogens is 3. The van der Waals surface area contributed by atoms with E-state index in [1.165, 1.54) is 17.0 Å². The van der Waals surface area contributed by atoms with Crippen molar-refractivity contribution in [2.75, 3.05) is 25.5 Å². The Morgan fingerprint density at radius 2 is 2.00 bits per heavy atom. The predicted octanol–water partition coefficient (Wildman–Crippen LogP) is 2.68. The molecule has 0 aliphatic carbocycles. The molecule has 2 aliphatic heterocycles. The van der Waals surface area contributed by atoms with E-state index in [-0.39, 0.29) is 42.0 Å². The number of benzene rings is 1. The molecule has 3 amide bonds. The molecule has 13 heteroatoms. The quantitative estimate of drug-likeness (QED) is 0.634. The maximum atomic E-state index is 13.3. The Balaban J connectivity index is 1.43. The molecule has 10 nitrogen and oxygen atoms in total. The monoisotopic (exact) mass is 510 g/mol. The summed E-state index contributed by atoms with van der Waals surface area (Å²) in [6, 6.07) is 5.76. The Morgan fingerprint density at radius 3 is 2.69 bits per heavy atom. The number of likely N-dealkylation sites (N-methyl/N-ethyl adjacent to an activating group) is 1. The van der Waals surface area contributed by atoms with Gasteiger partial charge in [-0.15, -0.1) is 0 Å². The van der Waals surface area contributed by atoms with Crippen molar-refractivity contribution < 1.29 is 41.6 Å². The van der Waals surface area contributed by atoms with E-state index in [0.29, 0.717) is 24.3 Å². The summed E-state index contributed by atoms with van der Waals surface area (Å²) in [4.78, 5) is 39.1. The zero-order chi connectivity index (χ0) is 26.0. The van der Waals surface area contributed by atoms with Crippen molar-refractivity contribution in [1.29, 1.82) is 0 Å². The van der Waals surface area contributed by atoms with Gasteiger partial charge < -0.3 is 29.5 Å². The molecule has 1 aromatic carbocycles. The molecule has 3 heterocycles. The molecule has 0 saturated carbocycles. The minimum absolute atomic E-state index is 0.0693. The number of alkyl halides is 3.